The topological polar surface area (TPSA) is 61.9 Å². The van der Waals surface area contributed by atoms with Crippen molar-refractivity contribution in [2.75, 3.05) is 32.1 Å². The number of anilines is 1. The summed E-state index contributed by atoms with van der Waals surface area (Å²) in [7, 11) is 1.68. The molecule has 0 aromatic heterocycles. The van der Waals surface area contributed by atoms with E-state index in [9.17, 15) is 9.59 Å². The maximum atomic E-state index is 13.4. The van der Waals surface area contributed by atoms with Crippen LogP contribution in [0.4, 0.5) is 10.5 Å². The van der Waals surface area contributed by atoms with Gasteiger partial charge in [0.15, 0.2) is 0 Å². The maximum Gasteiger partial charge on any atom is 0.321 e. The minimum Gasteiger partial charge on any atom is -0.496 e. The first-order valence-corrected chi connectivity index (χ1v) is 11.1. The highest BCUT2D eigenvalue weighted by Crippen LogP contribution is 2.38. The summed E-state index contributed by atoms with van der Waals surface area (Å²) in [5.41, 5.74) is 3.00. The highest BCUT2D eigenvalue weighted by molar-refractivity contribution is 5.89. The summed E-state index contributed by atoms with van der Waals surface area (Å²) < 4.78 is 5.54. The second-order valence-corrected chi connectivity index (χ2v) is 8.49. The van der Waals surface area contributed by atoms with Crippen LogP contribution in [0.3, 0.4) is 0 Å². The van der Waals surface area contributed by atoms with E-state index in [1.54, 1.807) is 7.11 Å². The molecule has 2 saturated heterocycles. The number of hydrogen-bond donors (Lipinski definition) is 1. The summed E-state index contributed by atoms with van der Waals surface area (Å²) >= 11 is 0. The van der Waals surface area contributed by atoms with E-state index in [0.717, 1.165) is 42.0 Å². The molecular formula is C25H31N3O3. The first-order chi connectivity index (χ1) is 15.1. The van der Waals surface area contributed by atoms with Gasteiger partial charge in [-0.3, -0.25) is 4.79 Å². The Kier molecular flexibility index (Phi) is 6.44. The third kappa shape index (κ3) is 4.68. The van der Waals surface area contributed by atoms with Gasteiger partial charge in [0.05, 0.1) is 13.2 Å². The zero-order valence-electron chi connectivity index (χ0n) is 18.3. The molecule has 0 saturated carbocycles. The standard InChI is InChI=1S/C25H31N3O3/c1-18-7-5-8-20(17-18)26-25(30)27-15-12-19(13-16-27)24(29)28-14-6-10-22(28)21-9-3-4-11-23(21)31-2/h3-5,7-9,11,17,19,22H,6,10,12-16H2,1-2H3,(H,26,30). The minimum absolute atomic E-state index is 0.0293. The van der Waals surface area contributed by atoms with Gasteiger partial charge in [-0.1, -0.05) is 30.3 Å². The normalized spacial score (nSPS) is 19.4. The maximum absolute atomic E-state index is 13.4. The lowest BCUT2D eigenvalue weighted by Gasteiger charge is -2.35. The van der Waals surface area contributed by atoms with Crippen molar-refractivity contribution in [3.8, 4) is 5.75 Å². The molecule has 2 aliphatic rings. The molecule has 31 heavy (non-hydrogen) atoms. The molecule has 6 nitrogen and oxygen atoms in total. The summed E-state index contributed by atoms with van der Waals surface area (Å²) in [5.74, 6) is 1.03. The number of nitrogens with one attached hydrogen (secondary N) is 1. The van der Waals surface area contributed by atoms with Gasteiger partial charge in [0.1, 0.15) is 5.75 Å². The monoisotopic (exact) mass is 421 g/mol. The summed E-state index contributed by atoms with van der Waals surface area (Å²) in [4.78, 5) is 29.8. The van der Waals surface area contributed by atoms with E-state index in [1.165, 1.54) is 0 Å². The van der Waals surface area contributed by atoms with Crippen LogP contribution in [0.5, 0.6) is 5.75 Å². The number of carbonyl (C=O) groups is 2. The Bertz CT molecular complexity index is 937. The fourth-order valence-corrected chi connectivity index (χ4v) is 4.78. The number of nitrogens with zero attached hydrogens (tertiary/aromatic N) is 2. The van der Waals surface area contributed by atoms with E-state index >= 15 is 0 Å². The van der Waals surface area contributed by atoms with Gasteiger partial charge in [0, 0.05) is 36.8 Å². The number of rotatable bonds is 4. The van der Waals surface area contributed by atoms with Crippen LogP contribution in [-0.4, -0.2) is 48.5 Å². The molecule has 0 aliphatic carbocycles. The number of ether oxygens (including phenoxy) is 1. The summed E-state index contributed by atoms with van der Waals surface area (Å²) in [6.45, 7) is 3.99. The number of hydrogen-bond acceptors (Lipinski definition) is 3. The zero-order chi connectivity index (χ0) is 21.8. The fourth-order valence-electron chi connectivity index (χ4n) is 4.78. The molecule has 2 aromatic carbocycles. The van der Waals surface area contributed by atoms with Crippen molar-refractivity contribution < 1.29 is 14.3 Å². The van der Waals surface area contributed by atoms with Crippen molar-refractivity contribution >= 4 is 17.6 Å². The number of aryl methyl sites for hydroxylation is 1. The number of amides is 3. The average molecular weight is 422 g/mol. The van der Waals surface area contributed by atoms with Gasteiger partial charge in [-0.2, -0.15) is 0 Å². The third-order valence-electron chi connectivity index (χ3n) is 6.43. The predicted octanol–water partition coefficient (Wildman–Crippen LogP) is 4.61. The highest BCUT2D eigenvalue weighted by atomic mass is 16.5. The van der Waals surface area contributed by atoms with E-state index in [1.807, 2.05) is 59.2 Å². The number of para-hydroxylation sites is 1. The lowest BCUT2D eigenvalue weighted by Crippen LogP contribution is -2.45. The first-order valence-electron chi connectivity index (χ1n) is 11.1. The molecule has 2 heterocycles. The Morgan fingerprint density at radius 1 is 1.00 bits per heavy atom. The minimum atomic E-state index is -0.0930. The zero-order valence-corrected chi connectivity index (χ0v) is 18.3. The van der Waals surface area contributed by atoms with Gasteiger partial charge >= 0.3 is 6.03 Å². The van der Waals surface area contributed by atoms with Gasteiger partial charge in [0.25, 0.3) is 0 Å². The van der Waals surface area contributed by atoms with Gasteiger partial charge in [-0.05, 0) is 56.4 Å². The number of carbonyl (C=O) groups excluding carboxylic acids is 2. The van der Waals surface area contributed by atoms with Crippen molar-refractivity contribution in [1.29, 1.82) is 0 Å². The Labute approximate surface area is 184 Å². The van der Waals surface area contributed by atoms with Crippen LogP contribution in [0, 0.1) is 12.8 Å². The van der Waals surface area contributed by atoms with Crippen molar-refractivity contribution in [3.05, 3.63) is 59.7 Å². The van der Waals surface area contributed by atoms with Crippen LogP contribution in [-0.2, 0) is 4.79 Å². The van der Waals surface area contributed by atoms with Gasteiger partial charge in [-0.25, -0.2) is 4.79 Å². The number of urea groups is 1. The molecule has 164 valence electrons. The van der Waals surface area contributed by atoms with E-state index in [4.69, 9.17) is 4.74 Å². The van der Waals surface area contributed by atoms with Crippen LogP contribution in [0.25, 0.3) is 0 Å². The SMILES string of the molecule is COc1ccccc1C1CCCN1C(=O)C1CCN(C(=O)Nc2cccc(C)c2)CC1. The molecular weight excluding hydrogens is 390 g/mol. The molecule has 1 atom stereocenters. The molecule has 6 heteroatoms. The molecule has 1 N–H and O–H groups in total. The Hall–Kier alpha value is -3.02. The lowest BCUT2D eigenvalue weighted by atomic mass is 9.94. The number of benzene rings is 2. The highest BCUT2D eigenvalue weighted by Gasteiger charge is 2.37. The molecule has 0 bridgehead atoms. The third-order valence-corrected chi connectivity index (χ3v) is 6.43. The fraction of sp³-hybridized carbons (Fsp3) is 0.440. The molecule has 2 aromatic rings. The quantitative estimate of drug-likeness (QED) is 0.784. The average Bonchev–Trinajstić information content (AvgIpc) is 3.28. The number of methoxy groups -OCH3 is 1. The molecule has 0 spiro atoms. The van der Waals surface area contributed by atoms with Crippen molar-refractivity contribution in [1.82, 2.24) is 9.80 Å². The molecule has 3 amide bonds. The Balaban J connectivity index is 1.36. The van der Waals surface area contributed by atoms with Crippen LogP contribution in [0.2, 0.25) is 0 Å². The van der Waals surface area contributed by atoms with Gasteiger partial charge in [-0.15, -0.1) is 0 Å². The van der Waals surface area contributed by atoms with E-state index in [-0.39, 0.29) is 23.9 Å². The Morgan fingerprint density at radius 2 is 1.77 bits per heavy atom. The molecule has 2 aliphatic heterocycles. The van der Waals surface area contributed by atoms with Crippen molar-refractivity contribution in [2.45, 2.75) is 38.6 Å². The second kappa shape index (κ2) is 9.41. The van der Waals surface area contributed by atoms with Crippen molar-refractivity contribution in [3.63, 3.8) is 0 Å². The smallest absolute Gasteiger partial charge is 0.321 e. The predicted molar refractivity (Wildman–Crippen MR) is 121 cm³/mol. The second-order valence-electron chi connectivity index (χ2n) is 8.49. The van der Waals surface area contributed by atoms with Crippen LogP contribution < -0.4 is 10.1 Å². The molecule has 4 rings (SSSR count). The van der Waals surface area contributed by atoms with Gasteiger partial charge in [0.2, 0.25) is 5.91 Å². The molecule has 1 unspecified atom stereocenters. The molecule has 2 fully saturated rings. The summed E-state index contributed by atoms with van der Waals surface area (Å²) in [5, 5.41) is 2.97. The van der Waals surface area contributed by atoms with Crippen molar-refractivity contribution in [2.24, 2.45) is 5.92 Å². The van der Waals surface area contributed by atoms with Crippen LogP contribution in [0.1, 0.15) is 42.9 Å². The first kappa shape index (κ1) is 21.2. The summed E-state index contributed by atoms with van der Waals surface area (Å²) in [6, 6.07) is 15.8. The van der Waals surface area contributed by atoms with E-state index < -0.39 is 0 Å². The molecule has 0 radical (unpaired) electrons. The van der Waals surface area contributed by atoms with E-state index in [0.29, 0.717) is 25.9 Å². The van der Waals surface area contributed by atoms with Crippen LogP contribution in [0.15, 0.2) is 48.5 Å². The lowest BCUT2D eigenvalue weighted by molar-refractivity contribution is -0.137. The van der Waals surface area contributed by atoms with E-state index in [2.05, 4.69) is 11.4 Å². The van der Waals surface area contributed by atoms with Crippen LogP contribution >= 0.6 is 0 Å². The number of piperidine rings is 1. The van der Waals surface area contributed by atoms with Gasteiger partial charge < -0.3 is 19.9 Å². The summed E-state index contributed by atoms with van der Waals surface area (Å²) in [6.07, 6.45) is 3.38. The largest absolute Gasteiger partial charge is 0.496 e. The number of likely N-dealkylation sites (tertiary alicyclic amines) is 2. The Morgan fingerprint density at radius 3 is 2.52 bits per heavy atom.